The van der Waals surface area contributed by atoms with Crippen LogP contribution in [0.15, 0.2) is 90.0 Å². The van der Waals surface area contributed by atoms with Gasteiger partial charge in [-0.1, -0.05) is 48.5 Å². The fraction of sp³-hybridized carbons (Fsp3) is 0.147. The van der Waals surface area contributed by atoms with Gasteiger partial charge in [0.2, 0.25) is 0 Å². The first-order chi connectivity index (χ1) is 21.9. The number of aromatic amines is 1. The maximum atomic E-state index is 13.5. The minimum atomic E-state index is -0.583. The number of amides is 2. The van der Waals surface area contributed by atoms with Crippen molar-refractivity contribution in [1.29, 1.82) is 5.26 Å². The number of ether oxygens (including phenoxy) is 1. The van der Waals surface area contributed by atoms with Gasteiger partial charge in [0, 0.05) is 47.3 Å². The normalized spacial score (nSPS) is 12.7. The number of nitriles is 1. The van der Waals surface area contributed by atoms with Gasteiger partial charge in [-0.05, 0) is 37.6 Å². The van der Waals surface area contributed by atoms with Crippen LogP contribution in [0.2, 0.25) is 0 Å². The molecule has 0 atom stereocenters. The first-order valence-electron chi connectivity index (χ1n) is 14.5. The van der Waals surface area contributed by atoms with Crippen LogP contribution in [0.25, 0.3) is 38.8 Å². The molecule has 0 radical (unpaired) electrons. The number of carbonyl (C=O) groups is 3. The molecular formula is C34H26N6O5. The second-order valence-electron chi connectivity index (χ2n) is 10.6. The van der Waals surface area contributed by atoms with E-state index in [0.29, 0.717) is 51.9 Å². The molecule has 0 saturated carbocycles. The van der Waals surface area contributed by atoms with Crippen LogP contribution in [0.3, 0.4) is 0 Å². The molecular weight excluding hydrogens is 572 g/mol. The Bertz CT molecular complexity index is 2240. The molecule has 45 heavy (non-hydrogen) atoms. The summed E-state index contributed by atoms with van der Waals surface area (Å²) in [5.74, 6) is -0.601. The van der Waals surface area contributed by atoms with E-state index in [1.807, 2.05) is 41.1 Å². The molecule has 0 saturated heterocycles. The van der Waals surface area contributed by atoms with Crippen molar-refractivity contribution in [2.75, 3.05) is 13.2 Å². The van der Waals surface area contributed by atoms with Gasteiger partial charge in [-0.3, -0.25) is 28.6 Å². The van der Waals surface area contributed by atoms with E-state index < -0.39 is 11.8 Å². The quantitative estimate of drug-likeness (QED) is 0.248. The highest BCUT2D eigenvalue weighted by atomic mass is 16.5. The zero-order valence-electron chi connectivity index (χ0n) is 24.2. The highest BCUT2D eigenvalue weighted by Crippen LogP contribution is 2.35. The third-order valence-electron chi connectivity index (χ3n) is 8.11. The number of aryl methyl sites for hydroxylation is 1. The number of rotatable bonds is 7. The second kappa shape index (κ2) is 10.8. The minimum absolute atomic E-state index is 0.0712. The SMILES string of the molecule is CCOC(=O)n1cc(-n2c(-c3cn(CCCN4C(=O)c5ccccc5C4=O)c4ccccc34)c(C#N)[nH]c2=O)c2ccccc21. The number of fused-ring (bicyclic) bond motifs is 3. The lowest BCUT2D eigenvalue weighted by Crippen LogP contribution is -2.31. The number of imidazole rings is 1. The topological polar surface area (TPSA) is 135 Å². The molecule has 1 N–H and O–H groups in total. The van der Waals surface area contributed by atoms with Crippen molar-refractivity contribution in [3.05, 3.63) is 112 Å². The lowest BCUT2D eigenvalue weighted by atomic mass is 10.1. The number of benzene rings is 3. The van der Waals surface area contributed by atoms with Crippen molar-refractivity contribution < 1.29 is 19.1 Å². The molecule has 0 aliphatic carbocycles. The minimum Gasteiger partial charge on any atom is -0.449 e. The van der Waals surface area contributed by atoms with Crippen LogP contribution in [0.1, 0.15) is 39.8 Å². The third kappa shape index (κ3) is 4.34. The zero-order valence-corrected chi connectivity index (χ0v) is 24.2. The summed E-state index contributed by atoms with van der Waals surface area (Å²) >= 11 is 0. The summed E-state index contributed by atoms with van der Waals surface area (Å²) in [4.78, 5) is 56.0. The Labute approximate surface area is 256 Å². The van der Waals surface area contributed by atoms with Crippen molar-refractivity contribution in [2.24, 2.45) is 0 Å². The number of nitrogens with one attached hydrogen (secondary N) is 1. The molecule has 1 aliphatic rings. The largest absolute Gasteiger partial charge is 0.449 e. The van der Waals surface area contributed by atoms with Crippen molar-refractivity contribution in [2.45, 2.75) is 19.9 Å². The summed E-state index contributed by atoms with van der Waals surface area (Å²) in [6.45, 7) is 2.60. The summed E-state index contributed by atoms with van der Waals surface area (Å²) in [5.41, 5.74) is 3.17. The van der Waals surface area contributed by atoms with Gasteiger partial charge in [-0.2, -0.15) is 5.26 Å². The Hall–Kier alpha value is -6.15. The molecule has 11 nitrogen and oxygen atoms in total. The summed E-state index contributed by atoms with van der Waals surface area (Å²) in [7, 11) is 0. The van der Waals surface area contributed by atoms with E-state index in [4.69, 9.17) is 4.74 Å². The second-order valence-corrected chi connectivity index (χ2v) is 10.6. The summed E-state index contributed by atoms with van der Waals surface area (Å²) < 4.78 is 10.0. The van der Waals surface area contributed by atoms with Gasteiger partial charge in [0.1, 0.15) is 11.8 Å². The van der Waals surface area contributed by atoms with Crippen molar-refractivity contribution in [3.8, 4) is 23.0 Å². The van der Waals surface area contributed by atoms with E-state index in [0.717, 1.165) is 10.9 Å². The Morgan fingerprint density at radius 2 is 1.47 bits per heavy atom. The number of nitrogens with zero attached hydrogens (tertiary/aromatic N) is 5. The van der Waals surface area contributed by atoms with Crippen LogP contribution in [-0.4, -0.2) is 54.6 Å². The maximum absolute atomic E-state index is 13.5. The fourth-order valence-electron chi connectivity index (χ4n) is 6.15. The van der Waals surface area contributed by atoms with Crippen LogP contribution in [-0.2, 0) is 11.3 Å². The van der Waals surface area contributed by atoms with E-state index in [1.54, 1.807) is 55.6 Å². The number of hydrogen-bond acceptors (Lipinski definition) is 6. The molecule has 0 fully saturated rings. The highest BCUT2D eigenvalue weighted by Gasteiger charge is 2.34. The number of para-hydroxylation sites is 2. The molecule has 6 aromatic rings. The monoisotopic (exact) mass is 598 g/mol. The number of imide groups is 1. The fourth-order valence-corrected chi connectivity index (χ4v) is 6.15. The van der Waals surface area contributed by atoms with Gasteiger partial charge in [0.25, 0.3) is 11.8 Å². The number of H-pyrrole nitrogens is 1. The highest BCUT2D eigenvalue weighted by molar-refractivity contribution is 6.21. The number of aromatic nitrogens is 4. The molecule has 0 bridgehead atoms. The van der Waals surface area contributed by atoms with Gasteiger partial charge in [-0.15, -0.1) is 0 Å². The Balaban J connectivity index is 1.30. The Morgan fingerprint density at radius 1 is 0.822 bits per heavy atom. The average molecular weight is 599 g/mol. The summed E-state index contributed by atoms with van der Waals surface area (Å²) in [5, 5.41) is 11.5. The lowest BCUT2D eigenvalue weighted by Gasteiger charge is -2.14. The van der Waals surface area contributed by atoms with Crippen molar-refractivity contribution >= 4 is 39.7 Å². The molecule has 1 aliphatic heterocycles. The van der Waals surface area contributed by atoms with Crippen LogP contribution < -0.4 is 5.69 Å². The standard InChI is InChI=1S/C34H26N6O5/c1-2-45-34(44)39-20-29(24-13-6-8-15-28(24)39)40-30(26(18-35)36-33(40)43)25-19-37(27-14-7-5-10-21(25)27)16-9-17-38-31(41)22-11-3-4-12-23(22)32(38)42/h3-8,10-15,19-20H,2,9,16-17H2,1H3,(H,36,43). The van der Waals surface area contributed by atoms with Gasteiger partial charge in [0.05, 0.1) is 34.6 Å². The predicted molar refractivity (Wildman–Crippen MR) is 166 cm³/mol. The molecule has 222 valence electrons. The van der Waals surface area contributed by atoms with Crippen LogP contribution in [0.4, 0.5) is 4.79 Å². The first-order valence-corrected chi connectivity index (χ1v) is 14.5. The van der Waals surface area contributed by atoms with Crippen LogP contribution in [0, 0.1) is 11.3 Å². The van der Waals surface area contributed by atoms with Gasteiger partial charge >= 0.3 is 11.8 Å². The lowest BCUT2D eigenvalue weighted by molar-refractivity contribution is 0.0650. The van der Waals surface area contributed by atoms with Crippen LogP contribution >= 0.6 is 0 Å². The molecule has 0 unspecified atom stereocenters. The molecule has 3 aromatic heterocycles. The smallest absolute Gasteiger partial charge is 0.418 e. The van der Waals surface area contributed by atoms with Gasteiger partial charge in [0.15, 0.2) is 0 Å². The molecule has 11 heteroatoms. The van der Waals surface area contributed by atoms with Gasteiger partial charge < -0.3 is 9.30 Å². The van der Waals surface area contributed by atoms with E-state index in [2.05, 4.69) is 11.1 Å². The molecule has 0 spiro atoms. The number of hydrogen-bond donors (Lipinski definition) is 1. The number of carbonyl (C=O) groups excluding carboxylic acids is 3. The predicted octanol–water partition coefficient (Wildman–Crippen LogP) is 5.30. The third-order valence-corrected chi connectivity index (χ3v) is 8.11. The Kier molecular flexibility index (Phi) is 6.67. The molecule has 2 amide bonds. The van der Waals surface area contributed by atoms with Crippen molar-refractivity contribution in [1.82, 2.24) is 23.6 Å². The molecule has 3 aromatic carbocycles. The maximum Gasteiger partial charge on any atom is 0.418 e. The zero-order chi connectivity index (χ0) is 31.2. The van der Waals surface area contributed by atoms with Crippen LogP contribution in [0.5, 0.6) is 0 Å². The van der Waals surface area contributed by atoms with E-state index >= 15 is 0 Å². The average Bonchev–Trinajstić information content (AvgIpc) is 3.78. The van der Waals surface area contributed by atoms with Crippen molar-refractivity contribution in [3.63, 3.8) is 0 Å². The van der Waals surface area contributed by atoms with E-state index in [9.17, 15) is 24.4 Å². The van der Waals surface area contributed by atoms with E-state index in [-0.39, 0.29) is 30.7 Å². The Morgan fingerprint density at radius 3 is 2.16 bits per heavy atom. The molecule has 4 heterocycles. The van der Waals surface area contributed by atoms with Gasteiger partial charge in [-0.25, -0.2) is 9.59 Å². The van der Waals surface area contributed by atoms with E-state index in [1.165, 1.54) is 14.0 Å². The summed E-state index contributed by atoms with van der Waals surface area (Å²) in [6, 6.07) is 23.7. The first kappa shape index (κ1) is 27.7. The summed E-state index contributed by atoms with van der Waals surface area (Å²) in [6.07, 6.45) is 3.32. The molecule has 7 rings (SSSR count).